The number of rotatable bonds is 3. The second-order valence-corrected chi connectivity index (χ2v) is 5.80. The van der Waals surface area contributed by atoms with Gasteiger partial charge in [-0.3, -0.25) is 0 Å². The fourth-order valence-corrected chi connectivity index (χ4v) is 3.15. The summed E-state index contributed by atoms with van der Waals surface area (Å²) in [5.74, 6) is 0.811. The lowest BCUT2D eigenvalue weighted by Crippen LogP contribution is -2.22. The molecule has 0 radical (unpaired) electrons. The van der Waals surface area contributed by atoms with E-state index < -0.39 is 0 Å². The van der Waals surface area contributed by atoms with Gasteiger partial charge in [-0.05, 0) is 55.2 Å². The lowest BCUT2D eigenvalue weighted by molar-refractivity contribution is -0.108. The second kappa shape index (κ2) is 5.76. The standard InChI is InChI=1S/C14H16BrFO/c15-14(9-17)12-3-1-10(2-4-12)11-5-7-13(16)8-6-11/h5-10,12,14H,1-4H2. The Balaban J connectivity index is 1.95. The van der Waals surface area contributed by atoms with Gasteiger partial charge in [-0.2, -0.15) is 0 Å². The summed E-state index contributed by atoms with van der Waals surface area (Å²) in [5, 5.41) is 0. The maximum absolute atomic E-state index is 12.8. The molecule has 0 aliphatic heterocycles. The maximum atomic E-state index is 12.8. The molecule has 0 heterocycles. The third-order valence-electron chi connectivity index (χ3n) is 3.69. The van der Waals surface area contributed by atoms with Crippen LogP contribution >= 0.6 is 15.9 Å². The molecule has 2 rings (SSSR count). The van der Waals surface area contributed by atoms with Crippen molar-refractivity contribution in [3.63, 3.8) is 0 Å². The number of hydrogen-bond acceptors (Lipinski definition) is 1. The van der Waals surface area contributed by atoms with Gasteiger partial charge in [-0.1, -0.05) is 28.1 Å². The Bertz CT molecular complexity index is 368. The number of alkyl halides is 1. The number of halogens is 2. The quantitative estimate of drug-likeness (QED) is 0.607. The Labute approximate surface area is 110 Å². The van der Waals surface area contributed by atoms with Crippen LogP contribution in [0, 0.1) is 11.7 Å². The van der Waals surface area contributed by atoms with Gasteiger partial charge in [0.1, 0.15) is 12.1 Å². The first-order chi connectivity index (χ1) is 8.20. The Hall–Kier alpha value is -0.700. The van der Waals surface area contributed by atoms with Gasteiger partial charge in [0.2, 0.25) is 0 Å². The SMILES string of the molecule is O=CC(Br)C1CCC(c2ccc(F)cc2)CC1. The predicted molar refractivity (Wildman–Crippen MR) is 69.9 cm³/mol. The van der Waals surface area contributed by atoms with E-state index in [4.69, 9.17) is 0 Å². The largest absolute Gasteiger partial charge is 0.302 e. The van der Waals surface area contributed by atoms with Crippen LogP contribution in [0.2, 0.25) is 0 Å². The van der Waals surface area contributed by atoms with Gasteiger partial charge in [0.25, 0.3) is 0 Å². The molecule has 1 fully saturated rings. The summed E-state index contributed by atoms with van der Waals surface area (Å²) in [6.45, 7) is 0. The summed E-state index contributed by atoms with van der Waals surface area (Å²) in [6, 6.07) is 6.82. The van der Waals surface area contributed by atoms with Crippen molar-refractivity contribution in [3.8, 4) is 0 Å². The van der Waals surface area contributed by atoms with Crippen molar-refractivity contribution in [2.45, 2.75) is 36.4 Å². The summed E-state index contributed by atoms with van der Waals surface area (Å²) in [6.07, 6.45) is 5.30. The van der Waals surface area contributed by atoms with E-state index in [1.165, 1.54) is 17.7 Å². The summed E-state index contributed by atoms with van der Waals surface area (Å²) in [4.78, 5) is 10.7. The third kappa shape index (κ3) is 3.15. The van der Waals surface area contributed by atoms with Gasteiger partial charge in [-0.25, -0.2) is 4.39 Å². The molecule has 1 aliphatic carbocycles. The molecule has 0 amide bonds. The Kier molecular flexibility index (Phi) is 4.32. The van der Waals surface area contributed by atoms with E-state index in [1.54, 1.807) is 0 Å². The molecular weight excluding hydrogens is 283 g/mol. The second-order valence-electron chi connectivity index (χ2n) is 4.74. The van der Waals surface area contributed by atoms with Gasteiger partial charge in [0.05, 0.1) is 4.83 Å². The van der Waals surface area contributed by atoms with Crippen LogP contribution in [0.25, 0.3) is 0 Å². The summed E-state index contributed by atoms with van der Waals surface area (Å²) in [7, 11) is 0. The molecule has 1 aromatic rings. The highest BCUT2D eigenvalue weighted by Crippen LogP contribution is 2.38. The number of carbonyl (C=O) groups is 1. The molecule has 0 bridgehead atoms. The molecule has 3 heteroatoms. The Morgan fingerprint density at radius 1 is 1.18 bits per heavy atom. The first-order valence-corrected chi connectivity index (χ1v) is 6.97. The van der Waals surface area contributed by atoms with Crippen molar-refractivity contribution >= 4 is 22.2 Å². The van der Waals surface area contributed by atoms with E-state index in [9.17, 15) is 9.18 Å². The molecule has 1 atom stereocenters. The fourth-order valence-electron chi connectivity index (χ4n) is 2.62. The van der Waals surface area contributed by atoms with E-state index in [0.29, 0.717) is 11.8 Å². The average Bonchev–Trinajstić information content (AvgIpc) is 2.39. The molecule has 1 saturated carbocycles. The van der Waals surface area contributed by atoms with Crippen LogP contribution in [-0.2, 0) is 4.79 Å². The number of hydrogen-bond donors (Lipinski definition) is 0. The van der Waals surface area contributed by atoms with Crippen LogP contribution in [0.4, 0.5) is 4.39 Å². The molecule has 0 saturated heterocycles. The van der Waals surface area contributed by atoms with E-state index in [1.807, 2.05) is 12.1 Å². The number of benzene rings is 1. The highest BCUT2D eigenvalue weighted by molar-refractivity contribution is 9.09. The summed E-state index contributed by atoms with van der Waals surface area (Å²) in [5.41, 5.74) is 1.22. The fraction of sp³-hybridized carbons (Fsp3) is 0.500. The number of aldehydes is 1. The van der Waals surface area contributed by atoms with E-state index in [2.05, 4.69) is 15.9 Å². The lowest BCUT2D eigenvalue weighted by atomic mass is 9.78. The smallest absolute Gasteiger partial charge is 0.133 e. The molecule has 92 valence electrons. The molecular formula is C14H16BrFO. The van der Waals surface area contributed by atoms with Crippen LogP contribution in [0.5, 0.6) is 0 Å². The molecule has 1 aliphatic rings. The monoisotopic (exact) mass is 298 g/mol. The Morgan fingerprint density at radius 3 is 2.29 bits per heavy atom. The minimum atomic E-state index is -0.177. The zero-order valence-corrected chi connectivity index (χ0v) is 11.2. The van der Waals surface area contributed by atoms with Crippen molar-refractivity contribution in [1.29, 1.82) is 0 Å². The minimum Gasteiger partial charge on any atom is -0.302 e. The van der Waals surface area contributed by atoms with Crippen molar-refractivity contribution in [2.75, 3.05) is 0 Å². The van der Waals surface area contributed by atoms with Crippen molar-refractivity contribution in [2.24, 2.45) is 5.92 Å². The topological polar surface area (TPSA) is 17.1 Å². The lowest BCUT2D eigenvalue weighted by Gasteiger charge is -2.29. The predicted octanol–water partition coefficient (Wildman–Crippen LogP) is 4.06. The van der Waals surface area contributed by atoms with Gasteiger partial charge >= 0.3 is 0 Å². The van der Waals surface area contributed by atoms with Crippen LogP contribution in [0.1, 0.15) is 37.2 Å². The summed E-state index contributed by atoms with van der Waals surface area (Å²) >= 11 is 3.41. The van der Waals surface area contributed by atoms with Crippen LogP contribution in [-0.4, -0.2) is 11.1 Å². The van der Waals surface area contributed by atoms with Crippen LogP contribution < -0.4 is 0 Å². The van der Waals surface area contributed by atoms with Crippen LogP contribution in [0.3, 0.4) is 0 Å². The molecule has 1 nitrogen and oxygen atoms in total. The molecule has 0 aromatic heterocycles. The molecule has 1 aromatic carbocycles. The molecule has 0 N–H and O–H groups in total. The van der Waals surface area contributed by atoms with E-state index >= 15 is 0 Å². The molecule has 1 unspecified atom stereocenters. The average molecular weight is 299 g/mol. The zero-order valence-electron chi connectivity index (χ0n) is 9.61. The maximum Gasteiger partial charge on any atom is 0.133 e. The normalized spacial score (nSPS) is 26.5. The summed E-state index contributed by atoms with van der Waals surface area (Å²) < 4.78 is 12.8. The van der Waals surface area contributed by atoms with E-state index in [-0.39, 0.29) is 10.6 Å². The van der Waals surface area contributed by atoms with Gasteiger partial charge in [0.15, 0.2) is 0 Å². The third-order valence-corrected chi connectivity index (χ3v) is 4.66. The zero-order chi connectivity index (χ0) is 12.3. The van der Waals surface area contributed by atoms with Crippen LogP contribution in [0.15, 0.2) is 24.3 Å². The van der Waals surface area contributed by atoms with Gasteiger partial charge in [-0.15, -0.1) is 0 Å². The number of carbonyl (C=O) groups excluding carboxylic acids is 1. The van der Waals surface area contributed by atoms with Crippen molar-refractivity contribution in [1.82, 2.24) is 0 Å². The first kappa shape index (κ1) is 12.7. The van der Waals surface area contributed by atoms with Crippen molar-refractivity contribution < 1.29 is 9.18 Å². The van der Waals surface area contributed by atoms with Crippen molar-refractivity contribution in [3.05, 3.63) is 35.6 Å². The first-order valence-electron chi connectivity index (χ1n) is 6.05. The highest BCUT2D eigenvalue weighted by Gasteiger charge is 2.26. The molecule has 17 heavy (non-hydrogen) atoms. The van der Waals surface area contributed by atoms with Gasteiger partial charge < -0.3 is 4.79 Å². The molecule has 0 spiro atoms. The van der Waals surface area contributed by atoms with Gasteiger partial charge in [0, 0.05) is 0 Å². The minimum absolute atomic E-state index is 0.00309. The van der Waals surface area contributed by atoms with E-state index in [0.717, 1.165) is 32.0 Å². The highest BCUT2D eigenvalue weighted by atomic mass is 79.9. The Morgan fingerprint density at radius 2 is 1.76 bits per heavy atom.